The number of benzene rings is 2. The lowest BCUT2D eigenvalue weighted by molar-refractivity contribution is -0.137. The van der Waals surface area contributed by atoms with Crippen molar-refractivity contribution in [2.45, 2.75) is 11.1 Å². The number of hydrogen-bond donors (Lipinski definition) is 1. The van der Waals surface area contributed by atoms with Crippen molar-refractivity contribution in [2.75, 3.05) is 0 Å². The lowest BCUT2D eigenvalue weighted by Crippen LogP contribution is -2.20. The number of nitrogens with one attached hydrogen (secondary N) is 1. The largest absolute Gasteiger partial charge is 0.416 e. The maximum absolute atomic E-state index is 12.8. The van der Waals surface area contributed by atoms with E-state index in [9.17, 15) is 26.4 Å². The third-order valence-electron chi connectivity index (χ3n) is 3.35. The van der Waals surface area contributed by atoms with Crippen LogP contribution in [-0.2, 0) is 16.2 Å². The minimum Gasteiger partial charge on any atom is -0.268 e. The van der Waals surface area contributed by atoms with Crippen LogP contribution in [-0.4, -0.2) is 14.3 Å². The number of carbonyl (C=O) groups excluding carboxylic acids is 1. The SMILES string of the molecule is O=C1NS(=O)(=O)c2ccc(-c3cc(C(F)(F)F)ccc3Cl)cc21. The summed E-state index contributed by atoms with van der Waals surface area (Å²) in [5.41, 5.74) is -0.751. The fourth-order valence-electron chi connectivity index (χ4n) is 2.26. The van der Waals surface area contributed by atoms with E-state index >= 15 is 0 Å². The number of halogens is 4. The van der Waals surface area contributed by atoms with Crippen molar-refractivity contribution < 1.29 is 26.4 Å². The minimum absolute atomic E-state index is 0.0548. The zero-order valence-corrected chi connectivity index (χ0v) is 12.7. The van der Waals surface area contributed by atoms with E-state index in [2.05, 4.69) is 0 Å². The second-order valence-corrected chi connectivity index (χ2v) is 6.90. The molecule has 1 heterocycles. The van der Waals surface area contributed by atoms with E-state index in [-0.39, 0.29) is 26.6 Å². The van der Waals surface area contributed by atoms with Gasteiger partial charge in [-0.15, -0.1) is 0 Å². The molecular formula is C14H7ClF3NO3S. The lowest BCUT2D eigenvalue weighted by Gasteiger charge is -2.11. The van der Waals surface area contributed by atoms with Crippen LogP contribution in [0.1, 0.15) is 15.9 Å². The van der Waals surface area contributed by atoms with Gasteiger partial charge in [0.25, 0.3) is 15.9 Å². The number of hydrogen-bond acceptors (Lipinski definition) is 3. The van der Waals surface area contributed by atoms with Gasteiger partial charge < -0.3 is 0 Å². The molecule has 3 rings (SSSR count). The number of sulfonamides is 1. The van der Waals surface area contributed by atoms with E-state index in [0.29, 0.717) is 0 Å². The highest BCUT2D eigenvalue weighted by Gasteiger charge is 2.34. The summed E-state index contributed by atoms with van der Waals surface area (Å²) >= 11 is 5.94. The minimum atomic E-state index is -4.54. The number of alkyl halides is 3. The van der Waals surface area contributed by atoms with E-state index in [1.807, 2.05) is 4.72 Å². The van der Waals surface area contributed by atoms with E-state index < -0.39 is 27.7 Å². The van der Waals surface area contributed by atoms with Crippen molar-refractivity contribution in [2.24, 2.45) is 0 Å². The Hall–Kier alpha value is -2.06. The van der Waals surface area contributed by atoms with Gasteiger partial charge in [-0.2, -0.15) is 13.2 Å². The Morgan fingerprint density at radius 1 is 1.00 bits per heavy atom. The van der Waals surface area contributed by atoms with E-state index in [4.69, 9.17) is 11.6 Å². The highest BCUT2D eigenvalue weighted by Crippen LogP contribution is 2.37. The van der Waals surface area contributed by atoms with Crippen LogP contribution in [0.5, 0.6) is 0 Å². The standard InChI is InChI=1S/C14H7ClF3NO3S/c15-11-3-2-8(14(16,17)18)6-9(11)7-1-4-12-10(5-7)13(20)19-23(12,21)22/h1-6H,(H,19,20). The Balaban J connectivity index is 2.18. The van der Waals surface area contributed by atoms with Gasteiger partial charge in [0.15, 0.2) is 0 Å². The van der Waals surface area contributed by atoms with Crippen LogP contribution in [0.4, 0.5) is 13.2 Å². The summed E-state index contributed by atoms with van der Waals surface area (Å²) in [7, 11) is -3.91. The number of rotatable bonds is 1. The average molecular weight is 362 g/mol. The van der Waals surface area contributed by atoms with Gasteiger partial charge in [0, 0.05) is 10.6 Å². The molecular weight excluding hydrogens is 355 g/mol. The molecule has 1 amide bonds. The first-order chi connectivity index (χ1) is 10.6. The van der Waals surface area contributed by atoms with Crippen molar-refractivity contribution in [1.82, 2.24) is 4.72 Å². The molecule has 1 aliphatic heterocycles. The van der Waals surface area contributed by atoms with Crippen molar-refractivity contribution in [1.29, 1.82) is 0 Å². The molecule has 0 aliphatic carbocycles. The van der Waals surface area contributed by atoms with E-state index in [1.54, 1.807) is 0 Å². The quantitative estimate of drug-likeness (QED) is 0.846. The second-order valence-electron chi connectivity index (χ2n) is 4.84. The first-order valence-electron chi connectivity index (χ1n) is 6.18. The summed E-state index contributed by atoms with van der Waals surface area (Å²) in [6.07, 6.45) is -4.54. The fourth-order valence-corrected chi connectivity index (χ4v) is 3.64. The topological polar surface area (TPSA) is 63.2 Å². The van der Waals surface area contributed by atoms with Gasteiger partial charge in [-0.05, 0) is 35.9 Å². The molecule has 0 atom stereocenters. The average Bonchev–Trinajstić information content (AvgIpc) is 2.67. The smallest absolute Gasteiger partial charge is 0.268 e. The molecule has 120 valence electrons. The summed E-state index contributed by atoms with van der Waals surface area (Å²) in [4.78, 5) is 11.5. The van der Waals surface area contributed by atoms with Gasteiger partial charge in [-0.3, -0.25) is 4.79 Å². The molecule has 0 saturated carbocycles. The van der Waals surface area contributed by atoms with Gasteiger partial charge >= 0.3 is 6.18 Å². The lowest BCUT2D eigenvalue weighted by atomic mass is 10.0. The molecule has 1 aliphatic rings. The van der Waals surface area contributed by atoms with E-state index in [0.717, 1.165) is 24.3 Å². The van der Waals surface area contributed by atoms with Crippen LogP contribution in [0.3, 0.4) is 0 Å². The number of amides is 1. The Labute approximate surface area is 133 Å². The molecule has 0 fully saturated rings. The molecule has 0 aromatic heterocycles. The monoisotopic (exact) mass is 361 g/mol. The molecule has 2 aromatic carbocycles. The third-order valence-corrected chi connectivity index (χ3v) is 5.06. The van der Waals surface area contributed by atoms with Gasteiger partial charge in [0.05, 0.1) is 11.1 Å². The summed E-state index contributed by atoms with van der Waals surface area (Å²) in [6, 6.07) is 6.47. The Morgan fingerprint density at radius 2 is 1.70 bits per heavy atom. The number of carbonyl (C=O) groups is 1. The Morgan fingerprint density at radius 3 is 2.35 bits per heavy atom. The van der Waals surface area contributed by atoms with Crippen molar-refractivity contribution in [3.8, 4) is 11.1 Å². The summed E-state index contributed by atoms with van der Waals surface area (Å²) in [6.45, 7) is 0. The zero-order valence-electron chi connectivity index (χ0n) is 11.1. The predicted molar refractivity (Wildman–Crippen MR) is 76.5 cm³/mol. The van der Waals surface area contributed by atoms with Crippen LogP contribution in [0.25, 0.3) is 11.1 Å². The van der Waals surface area contributed by atoms with Crippen LogP contribution >= 0.6 is 11.6 Å². The van der Waals surface area contributed by atoms with E-state index in [1.165, 1.54) is 12.1 Å². The van der Waals surface area contributed by atoms with Gasteiger partial charge in [0.1, 0.15) is 4.90 Å². The van der Waals surface area contributed by atoms with Crippen LogP contribution in [0, 0.1) is 0 Å². The van der Waals surface area contributed by atoms with Gasteiger partial charge in [-0.25, -0.2) is 13.1 Å². The molecule has 0 saturated heterocycles. The summed E-state index contributed by atoms with van der Waals surface area (Å²) < 4.78 is 63.6. The molecule has 0 unspecified atom stereocenters. The van der Waals surface area contributed by atoms with Crippen LogP contribution in [0.2, 0.25) is 5.02 Å². The molecule has 0 radical (unpaired) electrons. The zero-order chi connectivity index (χ0) is 17.0. The number of fused-ring (bicyclic) bond motifs is 1. The molecule has 0 bridgehead atoms. The van der Waals surface area contributed by atoms with Gasteiger partial charge in [0.2, 0.25) is 0 Å². The molecule has 4 nitrogen and oxygen atoms in total. The Kier molecular flexibility index (Phi) is 3.42. The van der Waals surface area contributed by atoms with Crippen LogP contribution in [0.15, 0.2) is 41.3 Å². The van der Waals surface area contributed by atoms with Crippen molar-refractivity contribution in [3.63, 3.8) is 0 Å². The fraction of sp³-hybridized carbons (Fsp3) is 0.0714. The molecule has 1 N–H and O–H groups in total. The molecule has 9 heteroatoms. The first kappa shape index (κ1) is 15.8. The third kappa shape index (κ3) is 2.68. The summed E-state index contributed by atoms with van der Waals surface area (Å²) in [5.74, 6) is -0.829. The maximum Gasteiger partial charge on any atom is 0.416 e. The van der Waals surface area contributed by atoms with Crippen molar-refractivity contribution >= 4 is 27.5 Å². The van der Waals surface area contributed by atoms with Gasteiger partial charge in [-0.1, -0.05) is 17.7 Å². The van der Waals surface area contributed by atoms with Crippen LogP contribution < -0.4 is 4.72 Å². The second kappa shape index (κ2) is 4.97. The molecule has 2 aromatic rings. The normalized spacial score (nSPS) is 16.1. The van der Waals surface area contributed by atoms with Crippen molar-refractivity contribution in [3.05, 3.63) is 52.5 Å². The first-order valence-corrected chi connectivity index (χ1v) is 8.04. The maximum atomic E-state index is 12.8. The Bertz CT molecular complexity index is 939. The highest BCUT2D eigenvalue weighted by atomic mass is 35.5. The summed E-state index contributed by atoms with van der Waals surface area (Å²) in [5, 5.41) is 0.0548. The predicted octanol–water partition coefficient (Wildman–Crippen LogP) is 3.46. The molecule has 0 spiro atoms. The molecule has 23 heavy (non-hydrogen) atoms. The highest BCUT2D eigenvalue weighted by molar-refractivity contribution is 7.90.